The van der Waals surface area contributed by atoms with Crippen molar-refractivity contribution < 1.29 is 14.4 Å². The van der Waals surface area contributed by atoms with Gasteiger partial charge in [-0.25, -0.2) is 4.79 Å². The molecule has 0 unspecified atom stereocenters. The average Bonchev–Trinajstić information content (AvgIpc) is 2.38. The average molecular weight is 255 g/mol. The summed E-state index contributed by atoms with van der Waals surface area (Å²) in [5.74, 6) is -0.619. The SMILES string of the molecule is CC1=CC(=O)C=C/C1=N/OC(=O)c1ccc(C)cc1. The summed E-state index contributed by atoms with van der Waals surface area (Å²) in [7, 11) is 0. The van der Waals surface area contributed by atoms with Gasteiger partial charge in [0.1, 0.15) is 5.71 Å². The molecule has 4 heteroatoms. The van der Waals surface area contributed by atoms with Gasteiger partial charge in [-0.3, -0.25) is 4.79 Å². The second-order valence-corrected chi connectivity index (χ2v) is 4.28. The number of carbonyl (C=O) groups is 2. The number of ketones is 1. The summed E-state index contributed by atoms with van der Waals surface area (Å²) in [6.07, 6.45) is 4.35. The van der Waals surface area contributed by atoms with Gasteiger partial charge in [-0.1, -0.05) is 22.9 Å². The third-order valence-electron chi connectivity index (χ3n) is 2.68. The zero-order chi connectivity index (χ0) is 13.8. The van der Waals surface area contributed by atoms with Gasteiger partial charge in [-0.2, -0.15) is 0 Å². The Morgan fingerprint density at radius 2 is 1.79 bits per heavy atom. The minimum Gasteiger partial charge on any atom is -0.312 e. The van der Waals surface area contributed by atoms with Crippen molar-refractivity contribution >= 4 is 17.5 Å². The van der Waals surface area contributed by atoms with Crippen LogP contribution in [0.25, 0.3) is 0 Å². The van der Waals surface area contributed by atoms with E-state index in [0.717, 1.165) is 5.56 Å². The molecule has 0 saturated heterocycles. The highest BCUT2D eigenvalue weighted by molar-refractivity contribution is 6.19. The van der Waals surface area contributed by atoms with E-state index < -0.39 is 5.97 Å². The van der Waals surface area contributed by atoms with E-state index in [0.29, 0.717) is 16.8 Å². The Hall–Kier alpha value is -2.49. The van der Waals surface area contributed by atoms with Gasteiger partial charge < -0.3 is 4.84 Å². The number of nitrogens with zero attached hydrogens (tertiary/aromatic N) is 1. The fraction of sp³-hybridized carbons (Fsp3) is 0.133. The highest BCUT2D eigenvalue weighted by atomic mass is 16.7. The predicted molar refractivity (Wildman–Crippen MR) is 71.9 cm³/mol. The van der Waals surface area contributed by atoms with E-state index in [4.69, 9.17) is 4.84 Å². The van der Waals surface area contributed by atoms with Crippen molar-refractivity contribution in [2.24, 2.45) is 5.16 Å². The lowest BCUT2D eigenvalue weighted by atomic mass is 10.1. The molecule has 1 aromatic carbocycles. The molecule has 0 radical (unpaired) electrons. The van der Waals surface area contributed by atoms with Crippen LogP contribution in [-0.4, -0.2) is 17.5 Å². The molecule has 0 spiro atoms. The number of allylic oxidation sites excluding steroid dienone is 4. The molecule has 2 rings (SSSR count). The van der Waals surface area contributed by atoms with Gasteiger partial charge in [-0.15, -0.1) is 0 Å². The Labute approximate surface area is 111 Å². The molecule has 4 nitrogen and oxygen atoms in total. The van der Waals surface area contributed by atoms with Crippen LogP contribution in [0, 0.1) is 6.92 Å². The molecule has 0 bridgehead atoms. The zero-order valence-electron chi connectivity index (χ0n) is 10.7. The summed E-state index contributed by atoms with van der Waals surface area (Å²) in [4.78, 5) is 27.7. The lowest BCUT2D eigenvalue weighted by molar-refractivity contribution is -0.110. The molecule has 0 heterocycles. The molecule has 0 aromatic heterocycles. The first-order valence-corrected chi connectivity index (χ1v) is 5.83. The summed E-state index contributed by atoms with van der Waals surface area (Å²) >= 11 is 0. The van der Waals surface area contributed by atoms with Crippen LogP contribution < -0.4 is 0 Å². The summed E-state index contributed by atoms with van der Waals surface area (Å²) in [6, 6.07) is 7.02. The van der Waals surface area contributed by atoms with Gasteiger partial charge in [0.15, 0.2) is 5.78 Å². The molecule has 1 aliphatic rings. The number of benzene rings is 1. The van der Waals surface area contributed by atoms with Crippen LogP contribution in [0.5, 0.6) is 0 Å². The first-order valence-electron chi connectivity index (χ1n) is 5.83. The van der Waals surface area contributed by atoms with Gasteiger partial charge in [0, 0.05) is 0 Å². The van der Waals surface area contributed by atoms with E-state index in [1.54, 1.807) is 19.1 Å². The van der Waals surface area contributed by atoms with Crippen molar-refractivity contribution in [2.45, 2.75) is 13.8 Å². The molecular formula is C15H13NO3. The van der Waals surface area contributed by atoms with Crippen LogP contribution in [0.2, 0.25) is 0 Å². The Morgan fingerprint density at radius 1 is 1.11 bits per heavy atom. The monoisotopic (exact) mass is 255 g/mol. The van der Waals surface area contributed by atoms with Gasteiger partial charge in [-0.05, 0) is 49.8 Å². The van der Waals surface area contributed by atoms with Crippen molar-refractivity contribution in [3.63, 3.8) is 0 Å². The van der Waals surface area contributed by atoms with Crippen molar-refractivity contribution in [3.05, 3.63) is 59.2 Å². The molecule has 0 aliphatic heterocycles. The largest absolute Gasteiger partial charge is 0.365 e. The van der Waals surface area contributed by atoms with E-state index >= 15 is 0 Å². The summed E-state index contributed by atoms with van der Waals surface area (Å²) in [5, 5.41) is 3.76. The van der Waals surface area contributed by atoms with Gasteiger partial charge in [0.2, 0.25) is 0 Å². The molecular weight excluding hydrogens is 242 g/mol. The topological polar surface area (TPSA) is 55.7 Å². The second-order valence-electron chi connectivity index (χ2n) is 4.28. The lowest BCUT2D eigenvalue weighted by Crippen LogP contribution is -2.08. The third-order valence-corrected chi connectivity index (χ3v) is 2.68. The minimum atomic E-state index is -0.523. The number of rotatable bonds is 2. The van der Waals surface area contributed by atoms with Gasteiger partial charge in [0.05, 0.1) is 5.56 Å². The number of hydrogen-bond donors (Lipinski definition) is 0. The molecule has 0 fully saturated rings. The Bertz CT molecular complexity index is 607. The molecule has 0 saturated carbocycles. The molecule has 0 atom stereocenters. The van der Waals surface area contributed by atoms with Crippen LogP contribution in [0.15, 0.2) is 53.2 Å². The zero-order valence-corrected chi connectivity index (χ0v) is 10.7. The van der Waals surface area contributed by atoms with E-state index in [-0.39, 0.29) is 5.78 Å². The minimum absolute atomic E-state index is 0.0960. The smallest absolute Gasteiger partial charge is 0.312 e. The summed E-state index contributed by atoms with van der Waals surface area (Å²) in [5.41, 5.74) is 2.65. The van der Waals surface area contributed by atoms with E-state index in [1.165, 1.54) is 18.2 Å². The maximum absolute atomic E-state index is 11.7. The first-order chi connectivity index (χ1) is 9.06. The Kier molecular flexibility index (Phi) is 3.71. The molecule has 19 heavy (non-hydrogen) atoms. The molecule has 1 aromatic rings. The quantitative estimate of drug-likeness (QED) is 0.463. The van der Waals surface area contributed by atoms with Crippen LogP contribution in [0.4, 0.5) is 0 Å². The predicted octanol–water partition coefficient (Wildman–Crippen LogP) is 2.59. The van der Waals surface area contributed by atoms with E-state index in [9.17, 15) is 9.59 Å². The fourth-order valence-corrected chi connectivity index (χ4v) is 1.56. The van der Waals surface area contributed by atoms with E-state index in [2.05, 4.69) is 5.16 Å². The highest BCUT2D eigenvalue weighted by Gasteiger charge is 2.10. The maximum atomic E-state index is 11.7. The Balaban J connectivity index is 2.08. The first kappa shape index (κ1) is 13.0. The number of carbonyl (C=O) groups excluding carboxylic acids is 2. The van der Waals surface area contributed by atoms with Crippen molar-refractivity contribution in [1.29, 1.82) is 0 Å². The van der Waals surface area contributed by atoms with Crippen LogP contribution in [0.1, 0.15) is 22.8 Å². The van der Waals surface area contributed by atoms with E-state index in [1.807, 2.05) is 19.1 Å². The number of oxime groups is 1. The number of aryl methyl sites for hydroxylation is 1. The molecule has 1 aliphatic carbocycles. The van der Waals surface area contributed by atoms with Crippen molar-refractivity contribution in [1.82, 2.24) is 0 Å². The second kappa shape index (κ2) is 5.44. The van der Waals surface area contributed by atoms with Crippen molar-refractivity contribution in [3.8, 4) is 0 Å². The Morgan fingerprint density at radius 3 is 2.42 bits per heavy atom. The molecule has 0 N–H and O–H groups in total. The summed E-state index contributed by atoms with van der Waals surface area (Å²) in [6.45, 7) is 3.67. The fourth-order valence-electron chi connectivity index (χ4n) is 1.56. The van der Waals surface area contributed by atoms with Gasteiger partial charge >= 0.3 is 5.97 Å². The van der Waals surface area contributed by atoms with Crippen LogP contribution in [-0.2, 0) is 9.63 Å². The molecule has 96 valence electrons. The summed E-state index contributed by atoms with van der Waals surface area (Å²) < 4.78 is 0. The van der Waals surface area contributed by atoms with Crippen LogP contribution >= 0.6 is 0 Å². The maximum Gasteiger partial charge on any atom is 0.365 e. The normalized spacial score (nSPS) is 16.4. The van der Waals surface area contributed by atoms with Crippen molar-refractivity contribution in [2.75, 3.05) is 0 Å². The number of hydrogen-bond acceptors (Lipinski definition) is 4. The standard InChI is InChI=1S/C15H13NO3/c1-10-3-5-12(6-4-10)15(18)19-16-14-8-7-13(17)9-11(14)2/h3-9H,1-2H3/b16-14-. The highest BCUT2D eigenvalue weighted by Crippen LogP contribution is 2.09. The lowest BCUT2D eigenvalue weighted by Gasteiger charge is -2.05. The van der Waals surface area contributed by atoms with Gasteiger partial charge in [0.25, 0.3) is 0 Å². The van der Waals surface area contributed by atoms with Crippen LogP contribution in [0.3, 0.4) is 0 Å². The third kappa shape index (κ3) is 3.25. The molecule has 0 amide bonds.